The van der Waals surface area contributed by atoms with Gasteiger partial charge in [-0.2, -0.15) is 10.3 Å². The molecule has 0 aliphatic carbocycles. The van der Waals surface area contributed by atoms with Crippen LogP contribution in [0.4, 0.5) is 4.39 Å². The average Bonchev–Trinajstić information content (AvgIpc) is 2.60. The molecule has 3 rings (SSSR count). The number of halogens is 1. The summed E-state index contributed by atoms with van der Waals surface area (Å²) in [5.41, 5.74) is 1.70. The van der Waals surface area contributed by atoms with E-state index in [-0.39, 0.29) is 0 Å². The van der Waals surface area contributed by atoms with E-state index in [1.807, 2.05) is 0 Å². The highest BCUT2D eigenvalue weighted by Crippen LogP contribution is 2.18. The summed E-state index contributed by atoms with van der Waals surface area (Å²) >= 11 is 0. The molecule has 116 valence electrons. The smallest absolute Gasteiger partial charge is 0.159 e. The quantitative estimate of drug-likeness (QED) is 0.799. The zero-order chi connectivity index (χ0) is 16.8. The summed E-state index contributed by atoms with van der Waals surface area (Å²) in [6, 6.07) is 13.3. The molecule has 24 heavy (non-hydrogen) atoms. The van der Waals surface area contributed by atoms with Gasteiger partial charge >= 0.3 is 0 Å². The van der Waals surface area contributed by atoms with Crippen LogP contribution >= 0.6 is 0 Å². The van der Waals surface area contributed by atoms with Gasteiger partial charge in [0.1, 0.15) is 12.5 Å². The molecule has 4 nitrogen and oxygen atoms in total. The Morgan fingerprint density at radius 2 is 1.92 bits per heavy atom. The first kappa shape index (κ1) is 15.3. The van der Waals surface area contributed by atoms with Gasteiger partial charge in [0.2, 0.25) is 0 Å². The zero-order valence-corrected chi connectivity index (χ0v) is 12.6. The van der Waals surface area contributed by atoms with Gasteiger partial charge in [0, 0.05) is 29.6 Å². The molecule has 0 atom stereocenters. The van der Waals surface area contributed by atoms with Crippen molar-refractivity contribution >= 4 is 6.21 Å². The first-order chi connectivity index (χ1) is 11.7. The van der Waals surface area contributed by atoms with Gasteiger partial charge in [0.15, 0.2) is 5.75 Å². The van der Waals surface area contributed by atoms with E-state index in [0.29, 0.717) is 29.1 Å². The largest absolute Gasteiger partial charge is 0.378 e. The highest BCUT2D eigenvalue weighted by molar-refractivity contribution is 5.71. The number of rotatable bonds is 2. The molecule has 0 saturated heterocycles. The summed E-state index contributed by atoms with van der Waals surface area (Å²) in [6.07, 6.45) is 5.10. The van der Waals surface area contributed by atoms with Gasteiger partial charge in [-0.25, -0.2) is 4.39 Å². The summed E-state index contributed by atoms with van der Waals surface area (Å²) in [7, 11) is 0. The lowest BCUT2D eigenvalue weighted by molar-refractivity contribution is -0.00535. The molecule has 5 heteroatoms. The van der Waals surface area contributed by atoms with Gasteiger partial charge in [0.25, 0.3) is 0 Å². The fourth-order valence-electron chi connectivity index (χ4n) is 2.06. The van der Waals surface area contributed by atoms with Gasteiger partial charge in [-0.15, -0.1) is 0 Å². The topological polar surface area (TPSA) is 48.6 Å². The Morgan fingerprint density at radius 3 is 2.71 bits per heavy atom. The Balaban J connectivity index is 1.81. The summed E-state index contributed by atoms with van der Waals surface area (Å²) in [5, 5.41) is 10.4. The van der Waals surface area contributed by atoms with Crippen molar-refractivity contribution in [3.05, 3.63) is 77.2 Å². The summed E-state index contributed by atoms with van der Waals surface area (Å²) < 4.78 is 13.8. The molecule has 1 heterocycles. The van der Waals surface area contributed by atoms with Crippen molar-refractivity contribution in [3.63, 3.8) is 0 Å². The lowest BCUT2D eigenvalue weighted by Gasteiger charge is -2.19. The summed E-state index contributed by atoms with van der Waals surface area (Å²) in [4.78, 5) is 9.58. The average molecular weight is 317 g/mol. The predicted octanol–water partition coefficient (Wildman–Crippen LogP) is 3.25. The minimum absolute atomic E-state index is 0.340. The van der Waals surface area contributed by atoms with E-state index in [9.17, 15) is 4.39 Å². The first-order valence-electron chi connectivity index (χ1n) is 7.17. The van der Waals surface area contributed by atoms with E-state index in [0.717, 1.165) is 0 Å². The monoisotopic (exact) mass is 317 g/mol. The van der Waals surface area contributed by atoms with Crippen LogP contribution in [0, 0.1) is 29.0 Å². The number of nitriles is 1. The Hall–Kier alpha value is -3.57. The SMILES string of the molecule is N#Cc1cccc(C#Cc2cc(F)cc(ON3C=CC=NC3)c2)c1. The second-order valence-electron chi connectivity index (χ2n) is 4.94. The Kier molecular flexibility index (Phi) is 4.55. The zero-order valence-electron chi connectivity index (χ0n) is 12.6. The third-order valence-electron chi connectivity index (χ3n) is 3.10. The molecule has 1 aliphatic heterocycles. The molecule has 0 spiro atoms. The molecular weight excluding hydrogens is 305 g/mol. The van der Waals surface area contributed by atoms with Crippen LogP contribution in [-0.4, -0.2) is 17.9 Å². The minimum Gasteiger partial charge on any atom is -0.378 e. The number of hydrogen-bond acceptors (Lipinski definition) is 4. The predicted molar refractivity (Wildman–Crippen MR) is 88.5 cm³/mol. The van der Waals surface area contributed by atoms with Crippen molar-refractivity contribution in [2.75, 3.05) is 6.67 Å². The van der Waals surface area contributed by atoms with Crippen LogP contribution < -0.4 is 4.84 Å². The Morgan fingerprint density at radius 1 is 1.08 bits per heavy atom. The molecule has 0 unspecified atom stereocenters. The number of nitrogens with zero attached hydrogens (tertiary/aromatic N) is 3. The van der Waals surface area contributed by atoms with Crippen LogP contribution in [0.1, 0.15) is 16.7 Å². The van der Waals surface area contributed by atoms with Crippen LogP contribution in [0.25, 0.3) is 0 Å². The Labute approximate surface area is 139 Å². The summed E-state index contributed by atoms with van der Waals surface area (Å²) in [5.74, 6) is 5.71. The number of hydroxylamine groups is 2. The fraction of sp³-hybridized carbons (Fsp3) is 0.0526. The van der Waals surface area contributed by atoms with E-state index in [1.54, 1.807) is 48.8 Å². The number of benzene rings is 2. The van der Waals surface area contributed by atoms with Gasteiger partial charge in [-0.05, 0) is 36.4 Å². The normalized spacial score (nSPS) is 12.2. The van der Waals surface area contributed by atoms with Gasteiger partial charge in [-0.1, -0.05) is 17.9 Å². The van der Waals surface area contributed by atoms with Crippen molar-refractivity contribution in [2.24, 2.45) is 4.99 Å². The lowest BCUT2D eigenvalue weighted by Crippen LogP contribution is -2.23. The molecule has 0 aromatic heterocycles. The third kappa shape index (κ3) is 4.00. The molecule has 0 bridgehead atoms. The standard InChI is InChI=1S/C19H12FN3O/c20-18-10-16(6-5-15-3-1-4-17(9-15)13-21)11-19(12-18)24-23-8-2-7-22-14-23/h1-4,7-12H,14H2. The highest BCUT2D eigenvalue weighted by atomic mass is 19.1. The van der Waals surface area contributed by atoms with Crippen molar-refractivity contribution < 1.29 is 9.23 Å². The van der Waals surface area contributed by atoms with E-state index >= 15 is 0 Å². The molecule has 0 fully saturated rings. The molecular formula is C19H12FN3O. The van der Waals surface area contributed by atoms with Crippen LogP contribution in [0.5, 0.6) is 5.75 Å². The maximum absolute atomic E-state index is 13.8. The molecule has 0 amide bonds. The minimum atomic E-state index is -0.438. The molecule has 0 N–H and O–H groups in total. The summed E-state index contributed by atoms with van der Waals surface area (Å²) in [6.45, 7) is 0.342. The number of allylic oxidation sites excluding steroid dienone is 1. The Bertz CT molecular complexity index is 916. The molecule has 2 aromatic rings. The van der Waals surface area contributed by atoms with Crippen LogP contribution in [0.15, 0.2) is 59.7 Å². The molecule has 1 aliphatic rings. The van der Waals surface area contributed by atoms with Gasteiger partial charge in [-0.3, -0.25) is 4.99 Å². The highest BCUT2D eigenvalue weighted by Gasteiger charge is 2.06. The van der Waals surface area contributed by atoms with Crippen molar-refractivity contribution in [3.8, 4) is 23.7 Å². The van der Waals surface area contributed by atoms with E-state index in [2.05, 4.69) is 22.9 Å². The lowest BCUT2D eigenvalue weighted by atomic mass is 10.1. The van der Waals surface area contributed by atoms with Crippen LogP contribution in [0.3, 0.4) is 0 Å². The maximum Gasteiger partial charge on any atom is 0.159 e. The van der Waals surface area contributed by atoms with E-state index < -0.39 is 5.82 Å². The van der Waals surface area contributed by atoms with Crippen molar-refractivity contribution in [2.45, 2.75) is 0 Å². The number of hydrogen-bond donors (Lipinski definition) is 0. The van der Waals surface area contributed by atoms with E-state index in [1.165, 1.54) is 17.2 Å². The second kappa shape index (κ2) is 7.13. The van der Waals surface area contributed by atoms with Crippen LogP contribution in [0.2, 0.25) is 0 Å². The second-order valence-corrected chi connectivity index (χ2v) is 4.94. The fourth-order valence-corrected chi connectivity index (χ4v) is 2.06. The molecule has 2 aromatic carbocycles. The third-order valence-corrected chi connectivity index (χ3v) is 3.10. The van der Waals surface area contributed by atoms with Gasteiger partial charge < -0.3 is 4.84 Å². The van der Waals surface area contributed by atoms with Crippen LogP contribution in [-0.2, 0) is 0 Å². The van der Waals surface area contributed by atoms with Crippen molar-refractivity contribution in [1.29, 1.82) is 5.26 Å². The number of aliphatic imine (C=N–C) groups is 1. The van der Waals surface area contributed by atoms with E-state index in [4.69, 9.17) is 10.1 Å². The first-order valence-corrected chi connectivity index (χ1v) is 7.17. The maximum atomic E-state index is 13.8. The van der Waals surface area contributed by atoms with Crippen molar-refractivity contribution in [1.82, 2.24) is 5.06 Å². The molecule has 0 radical (unpaired) electrons. The molecule has 0 saturated carbocycles. The van der Waals surface area contributed by atoms with Gasteiger partial charge in [0.05, 0.1) is 11.6 Å².